The molecule has 0 radical (unpaired) electrons. The van der Waals surface area contributed by atoms with Crippen molar-refractivity contribution in [3.63, 3.8) is 0 Å². The lowest BCUT2D eigenvalue weighted by Gasteiger charge is -2.09. The highest BCUT2D eigenvalue weighted by molar-refractivity contribution is 5.96. The number of aromatic nitrogens is 1. The molecule has 0 aliphatic heterocycles. The molecule has 0 bridgehead atoms. The Morgan fingerprint density at radius 1 is 1.33 bits per heavy atom. The molecule has 0 atom stereocenters. The zero-order chi connectivity index (χ0) is 15.1. The molecule has 2 aromatic rings. The van der Waals surface area contributed by atoms with Gasteiger partial charge in [0.1, 0.15) is 5.56 Å². The van der Waals surface area contributed by atoms with Crippen LogP contribution in [-0.4, -0.2) is 17.5 Å². The minimum absolute atomic E-state index is 0.240. The fraction of sp³-hybridized carbons (Fsp3) is 0.188. The standard InChI is InChI=1S/C16H15N3O2/c1-2-21-16-14(4-3-9-18-16)15(20)19-11-13-7-5-12(10-17)6-8-13/h3-9H,2,11H2,1H3,(H,19,20). The summed E-state index contributed by atoms with van der Waals surface area (Å²) in [6.07, 6.45) is 1.59. The average Bonchev–Trinajstić information content (AvgIpc) is 2.54. The molecule has 0 spiro atoms. The number of nitriles is 1. The zero-order valence-electron chi connectivity index (χ0n) is 11.7. The van der Waals surface area contributed by atoms with E-state index < -0.39 is 0 Å². The molecular weight excluding hydrogens is 266 g/mol. The summed E-state index contributed by atoms with van der Waals surface area (Å²) in [4.78, 5) is 16.2. The zero-order valence-corrected chi connectivity index (χ0v) is 11.7. The van der Waals surface area contributed by atoms with Gasteiger partial charge in [-0.3, -0.25) is 4.79 Å². The number of amides is 1. The van der Waals surface area contributed by atoms with E-state index in [1.807, 2.05) is 19.1 Å². The molecule has 1 aromatic heterocycles. The van der Waals surface area contributed by atoms with Crippen LogP contribution in [0.15, 0.2) is 42.6 Å². The fourth-order valence-electron chi connectivity index (χ4n) is 1.79. The van der Waals surface area contributed by atoms with Gasteiger partial charge in [0.15, 0.2) is 0 Å². The first kappa shape index (κ1) is 14.5. The van der Waals surface area contributed by atoms with E-state index in [1.54, 1.807) is 30.5 Å². The van der Waals surface area contributed by atoms with Gasteiger partial charge in [0.25, 0.3) is 5.91 Å². The van der Waals surface area contributed by atoms with Crippen molar-refractivity contribution in [2.75, 3.05) is 6.61 Å². The molecule has 1 heterocycles. The highest BCUT2D eigenvalue weighted by Crippen LogP contribution is 2.14. The third-order valence-corrected chi connectivity index (χ3v) is 2.83. The van der Waals surface area contributed by atoms with Gasteiger partial charge < -0.3 is 10.1 Å². The van der Waals surface area contributed by atoms with E-state index in [4.69, 9.17) is 10.00 Å². The van der Waals surface area contributed by atoms with Crippen LogP contribution < -0.4 is 10.1 Å². The molecule has 0 saturated heterocycles. The second-order valence-corrected chi connectivity index (χ2v) is 4.28. The van der Waals surface area contributed by atoms with Crippen molar-refractivity contribution in [3.05, 3.63) is 59.3 Å². The number of carbonyl (C=O) groups excluding carboxylic acids is 1. The molecule has 1 aromatic carbocycles. The second kappa shape index (κ2) is 7.06. The molecule has 0 aliphatic carbocycles. The Kier molecular flexibility index (Phi) is 4.89. The van der Waals surface area contributed by atoms with Crippen LogP contribution in [0.4, 0.5) is 0 Å². The summed E-state index contributed by atoms with van der Waals surface area (Å²) in [7, 11) is 0. The number of nitrogens with zero attached hydrogens (tertiary/aromatic N) is 2. The van der Waals surface area contributed by atoms with Crippen molar-refractivity contribution < 1.29 is 9.53 Å². The van der Waals surface area contributed by atoms with Crippen molar-refractivity contribution in [2.24, 2.45) is 0 Å². The Morgan fingerprint density at radius 3 is 2.76 bits per heavy atom. The molecule has 0 unspecified atom stereocenters. The summed E-state index contributed by atoms with van der Waals surface area (Å²) >= 11 is 0. The molecular formula is C16H15N3O2. The van der Waals surface area contributed by atoms with Crippen molar-refractivity contribution in [1.29, 1.82) is 5.26 Å². The van der Waals surface area contributed by atoms with E-state index >= 15 is 0 Å². The maximum atomic E-state index is 12.2. The summed E-state index contributed by atoms with van der Waals surface area (Å²) in [5.74, 6) is 0.0910. The lowest BCUT2D eigenvalue weighted by Crippen LogP contribution is -2.23. The van der Waals surface area contributed by atoms with Crippen LogP contribution in [0, 0.1) is 11.3 Å². The van der Waals surface area contributed by atoms with Crippen LogP contribution in [-0.2, 0) is 6.54 Å². The number of benzene rings is 1. The Hall–Kier alpha value is -2.87. The predicted octanol–water partition coefficient (Wildman–Crippen LogP) is 2.28. The molecule has 0 fully saturated rings. The van der Waals surface area contributed by atoms with Gasteiger partial charge in [-0.25, -0.2) is 4.98 Å². The first-order chi connectivity index (χ1) is 10.2. The van der Waals surface area contributed by atoms with Gasteiger partial charge in [0.05, 0.1) is 18.2 Å². The molecule has 0 saturated carbocycles. The minimum Gasteiger partial charge on any atom is -0.477 e. The molecule has 21 heavy (non-hydrogen) atoms. The van der Waals surface area contributed by atoms with Crippen LogP contribution in [0.25, 0.3) is 0 Å². The second-order valence-electron chi connectivity index (χ2n) is 4.28. The normalized spacial score (nSPS) is 9.71. The summed E-state index contributed by atoms with van der Waals surface area (Å²) in [5, 5.41) is 11.5. The van der Waals surface area contributed by atoms with Crippen LogP contribution in [0.5, 0.6) is 5.88 Å². The fourth-order valence-corrected chi connectivity index (χ4v) is 1.79. The average molecular weight is 281 g/mol. The Bertz CT molecular complexity index is 660. The van der Waals surface area contributed by atoms with Gasteiger partial charge in [-0.15, -0.1) is 0 Å². The first-order valence-corrected chi connectivity index (χ1v) is 6.59. The van der Waals surface area contributed by atoms with E-state index in [2.05, 4.69) is 16.4 Å². The number of carbonyl (C=O) groups is 1. The van der Waals surface area contributed by atoms with Crippen molar-refractivity contribution in [1.82, 2.24) is 10.3 Å². The number of hydrogen-bond acceptors (Lipinski definition) is 4. The van der Waals surface area contributed by atoms with Crippen molar-refractivity contribution >= 4 is 5.91 Å². The van der Waals surface area contributed by atoms with Crippen molar-refractivity contribution in [3.8, 4) is 11.9 Å². The van der Waals surface area contributed by atoms with E-state index in [0.29, 0.717) is 30.2 Å². The van der Waals surface area contributed by atoms with Crippen LogP contribution in [0.3, 0.4) is 0 Å². The van der Waals surface area contributed by atoms with Crippen LogP contribution in [0.2, 0.25) is 0 Å². The van der Waals surface area contributed by atoms with Crippen LogP contribution in [0.1, 0.15) is 28.4 Å². The SMILES string of the molecule is CCOc1ncccc1C(=O)NCc1ccc(C#N)cc1. The number of ether oxygens (including phenoxy) is 1. The van der Waals surface area contributed by atoms with Crippen LogP contribution >= 0.6 is 0 Å². The minimum atomic E-state index is -0.240. The number of pyridine rings is 1. The largest absolute Gasteiger partial charge is 0.477 e. The number of rotatable bonds is 5. The quantitative estimate of drug-likeness (QED) is 0.912. The lowest BCUT2D eigenvalue weighted by atomic mass is 10.1. The van der Waals surface area contributed by atoms with Gasteiger partial charge in [-0.2, -0.15) is 5.26 Å². The molecule has 2 rings (SSSR count). The third kappa shape index (κ3) is 3.80. The number of nitrogens with one attached hydrogen (secondary N) is 1. The Balaban J connectivity index is 2.03. The topological polar surface area (TPSA) is 75.0 Å². The Morgan fingerprint density at radius 2 is 2.10 bits per heavy atom. The summed E-state index contributed by atoms with van der Waals surface area (Å²) in [6.45, 7) is 2.67. The molecule has 5 nitrogen and oxygen atoms in total. The van der Waals surface area contributed by atoms with E-state index in [9.17, 15) is 4.79 Å². The maximum absolute atomic E-state index is 12.2. The van der Waals surface area contributed by atoms with Gasteiger partial charge >= 0.3 is 0 Å². The molecule has 1 N–H and O–H groups in total. The lowest BCUT2D eigenvalue weighted by molar-refractivity contribution is 0.0946. The smallest absolute Gasteiger partial charge is 0.257 e. The predicted molar refractivity (Wildman–Crippen MR) is 77.7 cm³/mol. The van der Waals surface area contributed by atoms with Gasteiger partial charge in [-0.1, -0.05) is 12.1 Å². The Labute approximate surface area is 123 Å². The van der Waals surface area contributed by atoms with E-state index in [1.165, 1.54) is 0 Å². The summed E-state index contributed by atoms with van der Waals surface area (Å²) < 4.78 is 5.33. The molecule has 106 valence electrons. The van der Waals surface area contributed by atoms with Gasteiger partial charge in [0.2, 0.25) is 5.88 Å². The number of hydrogen-bond donors (Lipinski definition) is 1. The highest BCUT2D eigenvalue weighted by Gasteiger charge is 2.12. The van der Waals surface area contributed by atoms with E-state index in [0.717, 1.165) is 5.56 Å². The maximum Gasteiger partial charge on any atom is 0.257 e. The molecule has 0 aliphatic rings. The summed E-state index contributed by atoms with van der Waals surface area (Å²) in [5.41, 5.74) is 1.92. The van der Waals surface area contributed by atoms with Gasteiger partial charge in [-0.05, 0) is 36.8 Å². The third-order valence-electron chi connectivity index (χ3n) is 2.83. The molecule has 1 amide bonds. The summed E-state index contributed by atoms with van der Waals surface area (Å²) in [6, 6.07) is 12.5. The highest BCUT2D eigenvalue weighted by atomic mass is 16.5. The molecule has 5 heteroatoms. The first-order valence-electron chi connectivity index (χ1n) is 6.59. The van der Waals surface area contributed by atoms with Gasteiger partial charge in [0, 0.05) is 12.7 Å². The van der Waals surface area contributed by atoms with E-state index in [-0.39, 0.29) is 5.91 Å². The monoisotopic (exact) mass is 281 g/mol. The van der Waals surface area contributed by atoms with Crippen molar-refractivity contribution in [2.45, 2.75) is 13.5 Å².